The molecule has 1 heterocycles. The predicted molar refractivity (Wildman–Crippen MR) is 125 cm³/mol. The Kier molecular flexibility index (Phi) is 5.65. The third kappa shape index (κ3) is 3.76. The number of likely N-dealkylation sites (tertiary alicyclic amines) is 1. The second-order valence-corrected chi connectivity index (χ2v) is 9.63. The average molecular weight is 500 g/mol. The summed E-state index contributed by atoms with van der Waals surface area (Å²) in [7, 11) is 0. The minimum absolute atomic E-state index is 0.00362. The van der Waals surface area contributed by atoms with Crippen molar-refractivity contribution in [1.29, 1.82) is 0 Å². The van der Waals surface area contributed by atoms with E-state index in [-0.39, 0.29) is 40.8 Å². The van der Waals surface area contributed by atoms with E-state index in [4.69, 9.17) is 23.2 Å². The number of benzene rings is 2. The number of rotatable bonds is 6. The Balaban J connectivity index is 1.47. The first-order valence-electron chi connectivity index (χ1n) is 10.8. The number of halogens is 2. The maximum absolute atomic E-state index is 13.4. The highest BCUT2D eigenvalue weighted by Gasteiger charge is 2.60. The highest BCUT2D eigenvalue weighted by molar-refractivity contribution is 6.36. The number of fused-ring (bicyclic) bond motifs is 5. The third-order valence-corrected chi connectivity index (χ3v) is 7.41. The van der Waals surface area contributed by atoms with Gasteiger partial charge in [-0.05, 0) is 42.0 Å². The van der Waals surface area contributed by atoms with E-state index in [1.165, 1.54) is 24.3 Å². The lowest BCUT2D eigenvalue weighted by molar-refractivity contribution is -0.385. The quantitative estimate of drug-likeness (QED) is 0.266. The Hall–Kier alpha value is -3.23. The van der Waals surface area contributed by atoms with Crippen LogP contribution >= 0.6 is 23.2 Å². The molecule has 5 unspecified atom stereocenters. The molecule has 1 saturated carbocycles. The summed E-state index contributed by atoms with van der Waals surface area (Å²) in [5, 5.41) is 14.7. The van der Waals surface area contributed by atoms with Gasteiger partial charge in [0.05, 0.1) is 39.9 Å². The van der Waals surface area contributed by atoms with Crippen LogP contribution in [0.1, 0.15) is 24.4 Å². The molecule has 2 aromatic rings. The van der Waals surface area contributed by atoms with Gasteiger partial charge >= 0.3 is 0 Å². The normalized spacial score (nSPS) is 25.5. The number of nitrogens with zero attached hydrogens (tertiary/aromatic N) is 2. The number of carbonyl (C=O) groups is 3. The third-order valence-electron chi connectivity index (χ3n) is 6.87. The second-order valence-electron chi connectivity index (χ2n) is 8.79. The van der Waals surface area contributed by atoms with Crippen LogP contribution in [0.2, 0.25) is 10.0 Å². The summed E-state index contributed by atoms with van der Waals surface area (Å²) in [6, 6.07) is 9.29. The van der Waals surface area contributed by atoms with Crippen molar-refractivity contribution in [2.75, 3.05) is 5.32 Å². The van der Waals surface area contributed by atoms with E-state index in [2.05, 4.69) is 5.32 Å². The van der Waals surface area contributed by atoms with Crippen LogP contribution in [-0.4, -0.2) is 27.5 Å². The van der Waals surface area contributed by atoms with Crippen LogP contribution in [0.3, 0.4) is 0 Å². The van der Waals surface area contributed by atoms with Gasteiger partial charge in [0.1, 0.15) is 0 Å². The first-order chi connectivity index (χ1) is 16.2. The van der Waals surface area contributed by atoms with Crippen LogP contribution in [-0.2, 0) is 14.4 Å². The zero-order valence-electron chi connectivity index (χ0n) is 17.7. The van der Waals surface area contributed by atoms with Crippen molar-refractivity contribution in [2.45, 2.75) is 18.9 Å². The number of nitro benzene ring substituents is 1. The van der Waals surface area contributed by atoms with Gasteiger partial charge in [0.2, 0.25) is 17.7 Å². The molecule has 5 rings (SSSR count). The first-order valence-corrected chi connectivity index (χ1v) is 11.5. The minimum atomic E-state index is -0.990. The standard InChI is InChI=1S/C24H19Cl2N3O5/c25-15-6-7-18(17(26)10-15)27-20(30)11-19(12-2-1-3-16(9-12)29(33)34)28-23(31)21-13-4-5-14(8-13)22(21)24(28)32/h1-7,9-10,13-14,19,21-22H,8,11H2,(H,27,30). The average Bonchev–Trinajstić information content (AvgIpc) is 3.48. The van der Waals surface area contributed by atoms with Crippen LogP contribution < -0.4 is 5.32 Å². The Morgan fingerprint density at radius 2 is 1.76 bits per heavy atom. The Morgan fingerprint density at radius 1 is 1.09 bits per heavy atom. The lowest BCUT2D eigenvalue weighted by atomic mass is 9.85. The van der Waals surface area contributed by atoms with E-state index >= 15 is 0 Å². The van der Waals surface area contributed by atoms with Crippen molar-refractivity contribution < 1.29 is 19.3 Å². The van der Waals surface area contributed by atoms with Gasteiger partial charge in [-0.15, -0.1) is 0 Å². The maximum atomic E-state index is 13.4. The number of hydrogen-bond donors (Lipinski definition) is 1. The van der Waals surface area contributed by atoms with Gasteiger partial charge in [-0.3, -0.25) is 29.4 Å². The van der Waals surface area contributed by atoms with Crippen LogP contribution in [0.15, 0.2) is 54.6 Å². The summed E-state index contributed by atoms with van der Waals surface area (Å²) in [5.74, 6) is -2.05. The van der Waals surface area contributed by atoms with Crippen molar-refractivity contribution in [3.63, 3.8) is 0 Å². The van der Waals surface area contributed by atoms with E-state index in [0.717, 1.165) is 11.3 Å². The molecule has 5 atom stereocenters. The molecule has 8 nitrogen and oxygen atoms in total. The zero-order chi connectivity index (χ0) is 24.1. The molecule has 2 aromatic carbocycles. The number of allylic oxidation sites excluding steroid dienone is 2. The SMILES string of the molecule is O=C(CC(c1cccc([N+](=O)[O-])c1)N1C(=O)C2C3C=CC(C3)C2C1=O)Nc1ccc(Cl)cc1Cl. The van der Waals surface area contributed by atoms with Gasteiger partial charge in [0.15, 0.2) is 0 Å². The van der Waals surface area contributed by atoms with Crippen LogP contribution in [0.5, 0.6) is 0 Å². The molecule has 3 amide bonds. The van der Waals surface area contributed by atoms with Gasteiger partial charge in [-0.25, -0.2) is 0 Å². The molecule has 174 valence electrons. The molecule has 0 aromatic heterocycles. The molecule has 2 aliphatic carbocycles. The summed E-state index contributed by atoms with van der Waals surface area (Å²) in [5.41, 5.74) is 0.477. The van der Waals surface area contributed by atoms with Gasteiger partial charge in [0.25, 0.3) is 5.69 Å². The molecular formula is C24H19Cl2N3O5. The highest BCUT2D eigenvalue weighted by Crippen LogP contribution is 2.54. The van der Waals surface area contributed by atoms with E-state index in [0.29, 0.717) is 16.3 Å². The molecule has 10 heteroatoms. The highest BCUT2D eigenvalue weighted by atomic mass is 35.5. The predicted octanol–water partition coefficient (Wildman–Crippen LogP) is 4.78. The topological polar surface area (TPSA) is 110 Å². The number of nitrogens with one attached hydrogen (secondary N) is 1. The fourth-order valence-corrected chi connectivity index (χ4v) is 5.86. The molecule has 2 bridgehead atoms. The first kappa shape index (κ1) is 22.6. The van der Waals surface area contributed by atoms with Crippen molar-refractivity contribution in [1.82, 2.24) is 4.90 Å². The van der Waals surface area contributed by atoms with Crippen LogP contribution in [0.25, 0.3) is 0 Å². The molecule has 0 spiro atoms. The number of hydrogen-bond acceptors (Lipinski definition) is 5. The van der Waals surface area contributed by atoms with E-state index < -0.39 is 28.7 Å². The molecule has 3 aliphatic rings. The maximum Gasteiger partial charge on any atom is 0.269 e. The summed E-state index contributed by atoms with van der Waals surface area (Å²) < 4.78 is 0. The van der Waals surface area contributed by atoms with Crippen molar-refractivity contribution in [3.05, 3.63) is 80.3 Å². The number of imide groups is 1. The zero-order valence-corrected chi connectivity index (χ0v) is 19.2. The lowest BCUT2D eigenvalue weighted by Crippen LogP contribution is -2.38. The number of nitro groups is 1. The van der Waals surface area contributed by atoms with E-state index in [1.54, 1.807) is 18.2 Å². The van der Waals surface area contributed by atoms with Crippen molar-refractivity contribution in [2.24, 2.45) is 23.7 Å². The van der Waals surface area contributed by atoms with Gasteiger partial charge in [-0.1, -0.05) is 47.5 Å². The molecular weight excluding hydrogens is 481 g/mol. The fourth-order valence-electron chi connectivity index (χ4n) is 5.40. The molecule has 1 N–H and O–H groups in total. The van der Waals surface area contributed by atoms with Crippen LogP contribution in [0, 0.1) is 33.8 Å². The van der Waals surface area contributed by atoms with Gasteiger partial charge in [0, 0.05) is 17.2 Å². The summed E-state index contributed by atoms with van der Waals surface area (Å²) in [6.07, 6.45) is 4.47. The smallest absolute Gasteiger partial charge is 0.269 e. The summed E-state index contributed by atoms with van der Waals surface area (Å²) in [6.45, 7) is 0. The molecule has 2 fully saturated rings. The lowest BCUT2D eigenvalue weighted by Gasteiger charge is -2.28. The Morgan fingerprint density at radius 3 is 2.38 bits per heavy atom. The molecule has 1 saturated heterocycles. The van der Waals surface area contributed by atoms with Crippen LogP contribution in [0.4, 0.5) is 11.4 Å². The fraction of sp³-hybridized carbons (Fsp3) is 0.292. The van der Waals surface area contributed by atoms with Gasteiger partial charge < -0.3 is 5.32 Å². The minimum Gasteiger partial charge on any atom is -0.325 e. The van der Waals surface area contributed by atoms with Crippen molar-refractivity contribution in [3.8, 4) is 0 Å². The van der Waals surface area contributed by atoms with E-state index in [1.807, 2.05) is 12.2 Å². The Labute approximate surface area is 204 Å². The largest absolute Gasteiger partial charge is 0.325 e. The van der Waals surface area contributed by atoms with Crippen molar-refractivity contribution >= 4 is 52.3 Å². The second kappa shape index (κ2) is 8.52. The molecule has 1 aliphatic heterocycles. The number of anilines is 1. The number of carbonyl (C=O) groups excluding carboxylic acids is 3. The Bertz CT molecular complexity index is 1230. The van der Waals surface area contributed by atoms with E-state index in [9.17, 15) is 24.5 Å². The number of non-ortho nitro benzene ring substituents is 1. The monoisotopic (exact) mass is 499 g/mol. The number of amides is 3. The summed E-state index contributed by atoms with van der Waals surface area (Å²) >= 11 is 12.1. The molecule has 0 radical (unpaired) electrons. The van der Waals surface area contributed by atoms with Gasteiger partial charge in [-0.2, -0.15) is 0 Å². The summed E-state index contributed by atoms with van der Waals surface area (Å²) in [4.78, 5) is 51.8. The molecule has 34 heavy (non-hydrogen) atoms.